The first kappa shape index (κ1) is 22.3. The van der Waals surface area contributed by atoms with Crippen LogP contribution >= 0.6 is 0 Å². The molecule has 0 heterocycles. The number of ether oxygens (including phenoxy) is 1. The highest BCUT2D eigenvalue weighted by Gasteiger charge is 2.30. The third-order valence-electron chi connectivity index (χ3n) is 5.27. The number of fused-ring (bicyclic) bond motifs is 3. The fourth-order valence-electron chi connectivity index (χ4n) is 4.00. The van der Waals surface area contributed by atoms with Gasteiger partial charge in [0.1, 0.15) is 6.61 Å². The van der Waals surface area contributed by atoms with Crippen molar-refractivity contribution in [2.75, 3.05) is 6.61 Å². The van der Waals surface area contributed by atoms with Crippen LogP contribution in [0.3, 0.4) is 0 Å². The molecular weight excluding hydrogens is 396 g/mol. The Morgan fingerprint density at radius 3 is 2.13 bits per heavy atom. The van der Waals surface area contributed by atoms with Gasteiger partial charge < -0.3 is 20.5 Å². The summed E-state index contributed by atoms with van der Waals surface area (Å²) >= 11 is 0. The highest BCUT2D eigenvalue weighted by Crippen LogP contribution is 2.44. The molecule has 7 heteroatoms. The molecule has 1 aliphatic rings. The van der Waals surface area contributed by atoms with Crippen LogP contribution in [0.15, 0.2) is 48.5 Å². The number of aliphatic carboxylic acids is 1. The van der Waals surface area contributed by atoms with Crippen LogP contribution in [-0.2, 0) is 14.3 Å². The van der Waals surface area contributed by atoms with Crippen molar-refractivity contribution in [1.29, 1.82) is 0 Å². The molecular formula is C24H28N2O5. The number of alkyl carbamates (subject to hydrolysis) is 1. The van der Waals surface area contributed by atoms with Crippen LogP contribution < -0.4 is 10.6 Å². The van der Waals surface area contributed by atoms with E-state index in [0.717, 1.165) is 22.3 Å². The Morgan fingerprint density at radius 1 is 1.03 bits per heavy atom. The number of nitrogens with one attached hydrogen (secondary N) is 2. The van der Waals surface area contributed by atoms with Crippen molar-refractivity contribution in [3.05, 3.63) is 59.7 Å². The van der Waals surface area contributed by atoms with E-state index in [2.05, 4.69) is 22.8 Å². The second kappa shape index (κ2) is 9.20. The van der Waals surface area contributed by atoms with E-state index in [4.69, 9.17) is 9.84 Å². The summed E-state index contributed by atoms with van der Waals surface area (Å²) in [4.78, 5) is 35.4. The van der Waals surface area contributed by atoms with Crippen molar-refractivity contribution in [2.45, 2.75) is 51.1 Å². The van der Waals surface area contributed by atoms with E-state index < -0.39 is 23.6 Å². The standard InChI is InChI=1S/C24H28N2O5/c1-15(12-22(28)29)25-21(27)13-24(2,3)26-23(30)31-14-20-18-10-6-4-8-16(18)17-9-5-7-11-19(17)20/h4-11,15,20H,12-14H2,1-3H3,(H,25,27)(H,26,30)(H,28,29)/t15-/m1/s1. The minimum atomic E-state index is -0.983. The van der Waals surface area contributed by atoms with Crippen molar-refractivity contribution < 1.29 is 24.2 Å². The van der Waals surface area contributed by atoms with Crippen LogP contribution in [0, 0.1) is 0 Å². The third-order valence-corrected chi connectivity index (χ3v) is 5.27. The molecule has 0 unspecified atom stereocenters. The summed E-state index contributed by atoms with van der Waals surface area (Å²) in [5.74, 6) is -1.36. The summed E-state index contributed by atoms with van der Waals surface area (Å²) in [6, 6.07) is 15.7. The number of hydrogen-bond donors (Lipinski definition) is 3. The third kappa shape index (κ3) is 5.63. The number of carboxylic acid groups (broad SMARTS) is 1. The number of benzene rings is 2. The van der Waals surface area contributed by atoms with Gasteiger partial charge in [0.15, 0.2) is 0 Å². The molecule has 164 valence electrons. The molecule has 1 aliphatic carbocycles. The second-order valence-electron chi connectivity index (χ2n) is 8.58. The molecule has 7 nitrogen and oxygen atoms in total. The molecule has 0 aliphatic heterocycles. The van der Waals surface area contributed by atoms with Gasteiger partial charge in [-0.2, -0.15) is 0 Å². The number of carboxylic acids is 1. The molecule has 0 fully saturated rings. The lowest BCUT2D eigenvalue weighted by Crippen LogP contribution is -2.48. The van der Waals surface area contributed by atoms with Crippen LogP contribution in [0.25, 0.3) is 11.1 Å². The number of rotatable bonds is 8. The molecule has 3 N–H and O–H groups in total. The van der Waals surface area contributed by atoms with E-state index in [1.165, 1.54) is 0 Å². The van der Waals surface area contributed by atoms with Gasteiger partial charge in [-0.1, -0.05) is 48.5 Å². The summed E-state index contributed by atoms with van der Waals surface area (Å²) in [6.07, 6.45) is -0.758. The normalized spacial score (nSPS) is 13.6. The fourth-order valence-corrected chi connectivity index (χ4v) is 4.00. The van der Waals surface area contributed by atoms with Gasteiger partial charge in [0.2, 0.25) is 5.91 Å². The maximum Gasteiger partial charge on any atom is 0.407 e. The lowest BCUT2D eigenvalue weighted by molar-refractivity contribution is -0.137. The van der Waals surface area contributed by atoms with E-state index >= 15 is 0 Å². The SMILES string of the molecule is C[C@H](CC(=O)O)NC(=O)CC(C)(C)NC(=O)OCC1c2ccccc2-c2ccccc21. The van der Waals surface area contributed by atoms with Crippen LogP contribution in [0.2, 0.25) is 0 Å². The molecule has 2 aromatic rings. The zero-order valence-electron chi connectivity index (χ0n) is 18.0. The van der Waals surface area contributed by atoms with E-state index in [9.17, 15) is 14.4 Å². The molecule has 0 aromatic heterocycles. The number of carbonyl (C=O) groups is 3. The van der Waals surface area contributed by atoms with Gasteiger partial charge in [-0.3, -0.25) is 9.59 Å². The summed E-state index contributed by atoms with van der Waals surface area (Å²) in [5, 5.41) is 14.2. The average molecular weight is 424 g/mol. The first-order valence-corrected chi connectivity index (χ1v) is 10.3. The molecule has 3 rings (SSSR count). The molecule has 0 saturated carbocycles. The van der Waals surface area contributed by atoms with Gasteiger partial charge in [-0.05, 0) is 43.0 Å². The molecule has 0 saturated heterocycles. The number of carbonyl (C=O) groups excluding carboxylic acids is 2. The molecule has 0 spiro atoms. The van der Waals surface area contributed by atoms with Crippen molar-refractivity contribution in [1.82, 2.24) is 10.6 Å². The minimum absolute atomic E-state index is 0.00115. The van der Waals surface area contributed by atoms with E-state index in [1.54, 1.807) is 20.8 Å². The Morgan fingerprint density at radius 2 is 1.58 bits per heavy atom. The highest BCUT2D eigenvalue weighted by atomic mass is 16.5. The average Bonchev–Trinajstić information content (AvgIpc) is 2.98. The quantitative estimate of drug-likeness (QED) is 0.600. The minimum Gasteiger partial charge on any atom is -0.481 e. The number of hydrogen-bond acceptors (Lipinski definition) is 4. The van der Waals surface area contributed by atoms with Crippen molar-refractivity contribution in [3.8, 4) is 11.1 Å². The molecule has 0 radical (unpaired) electrons. The van der Waals surface area contributed by atoms with Crippen LogP contribution in [0.4, 0.5) is 4.79 Å². The highest BCUT2D eigenvalue weighted by molar-refractivity contribution is 5.80. The molecule has 1 atom stereocenters. The first-order valence-electron chi connectivity index (χ1n) is 10.3. The van der Waals surface area contributed by atoms with Gasteiger partial charge in [0, 0.05) is 23.9 Å². The van der Waals surface area contributed by atoms with Gasteiger partial charge in [-0.25, -0.2) is 4.79 Å². The van der Waals surface area contributed by atoms with Crippen LogP contribution in [0.5, 0.6) is 0 Å². The largest absolute Gasteiger partial charge is 0.481 e. The van der Waals surface area contributed by atoms with Crippen molar-refractivity contribution in [3.63, 3.8) is 0 Å². The van der Waals surface area contributed by atoms with Crippen molar-refractivity contribution >= 4 is 18.0 Å². The molecule has 0 bridgehead atoms. The second-order valence-corrected chi connectivity index (χ2v) is 8.58. The maximum absolute atomic E-state index is 12.4. The van der Waals surface area contributed by atoms with Gasteiger partial charge in [-0.15, -0.1) is 0 Å². The van der Waals surface area contributed by atoms with Gasteiger partial charge in [0.05, 0.1) is 6.42 Å². The Bertz CT molecular complexity index is 940. The monoisotopic (exact) mass is 424 g/mol. The molecule has 2 aromatic carbocycles. The Kier molecular flexibility index (Phi) is 6.63. The smallest absolute Gasteiger partial charge is 0.407 e. The molecule has 2 amide bonds. The summed E-state index contributed by atoms with van der Waals surface area (Å²) in [5.41, 5.74) is 3.71. The van der Waals surface area contributed by atoms with Gasteiger partial charge in [0.25, 0.3) is 0 Å². The number of amides is 2. The fraction of sp³-hybridized carbons (Fsp3) is 0.375. The zero-order chi connectivity index (χ0) is 22.6. The Hall–Kier alpha value is -3.35. The van der Waals surface area contributed by atoms with E-state index in [-0.39, 0.29) is 31.3 Å². The topological polar surface area (TPSA) is 105 Å². The lowest BCUT2D eigenvalue weighted by atomic mass is 9.98. The predicted molar refractivity (Wildman–Crippen MR) is 117 cm³/mol. The Balaban J connectivity index is 1.56. The summed E-state index contributed by atoms with van der Waals surface area (Å²) < 4.78 is 5.53. The predicted octanol–water partition coefficient (Wildman–Crippen LogP) is 3.67. The van der Waals surface area contributed by atoms with Gasteiger partial charge >= 0.3 is 12.1 Å². The van der Waals surface area contributed by atoms with Crippen LogP contribution in [0.1, 0.15) is 50.7 Å². The van der Waals surface area contributed by atoms with E-state index in [0.29, 0.717) is 0 Å². The molecule has 31 heavy (non-hydrogen) atoms. The first-order chi connectivity index (χ1) is 14.7. The lowest BCUT2D eigenvalue weighted by Gasteiger charge is -2.26. The van der Waals surface area contributed by atoms with E-state index in [1.807, 2.05) is 36.4 Å². The summed E-state index contributed by atoms with van der Waals surface area (Å²) in [6.45, 7) is 5.25. The van der Waals surface area contributed by atoms with Crippen molar-refractivity contribution in [2.24, 2.45) is 0 Å². The Labute approximate surface area is 181 Å². The summed E-state index contributed by atoms with van der Waals surface area (Å²) in [7, 11) is 0. The zero-order valence-corrected chi connectivity index (χ0v) is 18.0. The van der Waals surface area contributed by atoms with Crippen LogP contribution in [-0.4, -0.2) is 41.3 Å². The maximum atomic E-state index is 12.4.